The van der Waals surface area contributed by atoms with E-state index in [2.05, 4.69) is 24.1 Å². The van der Waals surface area contributed by atoms with E-state index in [1.807, 2.05) is 0 Å². The van der Waals surface area contributed by atoms with Gasteiger partial charge >= 0.3 is 12.3 Å². The Hall–Kier alpha value is -0.360. The number of hydrogen-bond donors (Lipinski definition) is 1. The first kappa shape index (κ1) is 14.7. The molecule has 0 radical (unpaired) electrons. The molecule has 102 valence electrons. The predicted octanol–water partition coefficient (Wildman–Crippen LogP) is 2.35. The third kappa shape index (κ3) is 4.43. The van der Waals surface area contributed by atoms with E-state index in [9.17, 15) is 17.6 Å². The lowest BCUT2D eigenvalue weighted by Gasteiger charge is -2.35. The summed E-state index contributed by atoms with van der Waals surface area (Å²) in [4.78, 5) is 2.25. The number of piperidine rings is 1. The minimum atomic E-state index is -3.92. The summed E-state index contributed by atoms with van der Waals surface area (Å²) in [5, 5.41) is 2.55. The van der Waals surface area contributed by atoms with Crippen LogP contribution in [-0.2, 0) is 0 Å². The van der Waals surface area contributed by atoms with Gasteiger partial charge in [0.25, 0.3) is 0 Å². The molecule has 0 aliphatic carbocycles. The number of nitrogens with one attached hydrogen (secondary N) is 1. The highest BCUT2D eigenvalue weighted by Gasteiger charge is 2.40. The van der Waals surface area contributed by atoms with Crippen LogP contribution in [0.15, 0.2) is 0 Å². The SMILES string of the molecule is CC(C)N1CCC(NCC(F)(F)C(F)F)CC1. The van der Waals surface area contributed by atoms with Crippen LogP contribution in [0.5, 0.6) is 0 Å². The van der Waals surface area contributed by atoms with Crippen molar-refractivity contribution in [3.05, 3.63) is 0 Å². The summed E-state index contributed by atoms with van der Waals surface area (Å²) in [5.41, 5.74) is 0. The summed E-state index contributed by atoms with van der Waals surface area (Å²) in [6.07, 6.45) is -2.12. The molecule has 0 unspecified atom stereocenters. The summed E-state index contributed by atoms with van der Waals surface area (Å²) in [6, 6.07) is 0.369. The van der Waals surface area contributed by atoms with E-state index in [1.54, 1.807) is 0 Å². The van der Waals surface area contributed by atoms with Crippen molar-refractivity contribution < 1.29 is 17.6 Å². The second kappa shape index (κ2) is 6.00. The van der Waals surface area contributed by atoms with Crippen LogP contribution < -0.4 is 5.32 Å². The molecular weight excluding hydrogens is 236 g/mol. The van der Waals surface area contributed by atoms with Crippen molar-refractivity contribution in [3.8, 4) is 0 Å². The largest absolute Gasteiger partial charge is 0.319 e. The molecule has 1 saturated heterocycles. The molecule has 1 fully saturated rings. The maximum absolute atomic E-state index is 12.7. The van der Waals surface area contributed by atoms with E-state index in [0.717, 1.165) is 25.9 Å². The minimum absolute atomic E-state index is 0.0744. The van der Waals surface area contributed by atoms with E-state index in [1.165, 1.54) is 0 Å². The molecule has 1 aliphatic rings. The molecule has 0 amide bonds. The molecule has 1 N–H and O–H groups in total. The molecule has 0 aromatic rings. The molecule has 0 bridgehead atoms. The number of hydrogen-bond acceptors (Lipinski definition) is 2. The van der Waals surface area contributed by atoms with E-state index < -0.39 is 18.9 Å². The summed E-state index contributed by atoms with van der Waals surface area (Å²) in [5.74, 6) is -3.92. The van der Waals surface area contributed by atoms with Gasteiger partial charge < -0.3 is 10.2 Å². The highest BCUT2D eigenvalue weighted by atomic mass is 19.3. The Morgan fingerprint density at radius 1 is 1.24 bits per heavy atom. The van der Waals surface area contributed by atoms with E-state index in [4.69, 9.17) is 0 Å². The van der Waals surface area contributed by atoms with Crippen LogP contribution in [0, 0.1) is 0 Å². The second-order valence-corrected chi connectivity index (χ2v) is 4.85. The average molecular weight is 256 g/mol. The first-order valence-electron chi connectivity index (χ1n) is 5.96. The standard InChI is InChI=1S/C11H20F4N2/c1-8(2)17-5-3-9(4-6-17)16-7-11(14,15)10(12)13/h8-10,16H,3-7H2,1-2H3. The molecule has 0 aromatic carbocycles. The van der Waals surface area contributed by atoms with Gasteiger partial charge in [0.05, 0.1) is 6.54 Å². The molecule has 1 aliphatic heterocycles. The summed E-state index contributed by atoms with van der Waals surface area (Å²) < 4.78 is 49.2. The Bertz CT molecular complexity index is 226. The van der Waals surface area contributed by atoms with Gasteiger partial charge in [0, 0.05) is 12.1 Å². The van der Waals surface area contributed by atoms with Gasteiger partial charge in [-0.25, -0.2) is 8.78 Å². The van der Waals surface area contributed by atoms with E-state index in [0.29, 0.717) is 6.04 Å². The summed E-state index contributed by atoms with van der Waals surface area (Å²) in [6.45, 7) is 4.89. The molecule has 0 atom stereocenters. The van der Waals surface area contributed by atoms with Crippen molar-refractivity contribution in [1.29, 1.82) is 0 Å². The fraction of sp³-hybridized carbons (Fsp3) is 1.00. The first-order chi connectivity index (χ1) is 7.83. The monoisotopic (exact) mass is 256 g/mol. The lowest BCUT2D eigenvalue weighted by molar-refractivity contribution is -0.126. The molecule has 1 rings (SSSR count). The topological polar surface area (TPSA) is 15.3 Å². The Kier molecular flexibility index (Phi) is 5.19. The van der Waals surface area contributed by atoms with Gasteiger partial charge in [-0.2, -0.15) is 8.78 Å². The van der Waals surface area contributed by atoms with Gasteiger partial charge in [0.15, 0.2) is 0 Å². The zero-order valence-electron chi connectivity index (χ0n) is 10.2. The molecule has 6 heteroatoms. The summed E-state index contributed by atoms with van der Waals surface area (Å²) in [7, 11) is 0. The molecule has 2 nitrogen and oxygen atoms in total. The molecule has 0 saturated carbocycles. The third-order valence-corrected chi connectivity index (χ3v) is 3.21. The van der Waals surface area contributed by atoms with Crippen LogP contribution >= 0.6 is 0 Å². The van der Waals surface area contributed by atoms with Crippen LogP contribution in [0.2, 0.25) is 0 Å². The van der Waals surface area contributed by atoms with Crippen LogP contribution in [0.25, 0.3) is 0 Å². The van der Waals surface area contributed by atoms with Crippen LogP contribution in [0.1, 0.15) is 26.7 Å². The minimum Gasteiger partial charge on any atom is -0.308 e. The number of rotatable bonds is 5. The van der Waals surface area contributed by atoms with Gasteiger partial charge in [0.1, 0.15) is 0 Å². The first-order valence-corrected chi connectivity index (χ1v) is 5.96. The molecule has 17 heavy (non-hydrogen) atoms. The molecular formula is C11H20F4N2. The van der Waals surface area contributed by atoms with Crippen LogP contribution in [0.4, 0.5) is 17.6 Å². The predicted molar refractivity (Wildman–Crippen MR) is 58.7 cm³/mol. The van der Waals surface area contributed by atoms with Gasteiger partial charge in [-0.15, -0.1) is 0 Å². The smallest absolute Gasteiger partial charge is 0.308 e. The van der Waals surface area contributed by atoms with E-state index in [-0.39, 0.29) is 6.04 Å². The lowest BCUT2D eigenvalue weighted by atomic mass is 10.0. The molecule has 1 heterocycles. The summed E-state index contributed by atoms with van der Waals surface area (Å²) >= 11 is 0. The van der Waals surface area contributed by atoms with Crippen LogP contribution in [0.3, 0.4) is 0 Å². The van der Waals surface area contributed by atoms with Crippen molar-refractivity contribution in [2.75, 3.05) is 19.6 Å². The Morgan fingerprint density at radius 2 is 1.76 bits per heavy atom. The third-order valence-electron chi connectivity index (χ3n) is 3.21. The van der Waals surface area contributed by atoms with Crippen molar-refractivity contribution in [3.63, 3.8) is 0 Å². The van der Waals surface area contributed by atoms with Gasteiger partial charge in [-0.3, -0.25) is 0 Å². The highest BCUT2D eigenvalue weighted by Crippen LogP contribution is 2.22. The van der Waals surface area contributed by atoms with Gasteiger partial charge in [-0.05, 0) is 39.8 Å². The van der Waals surface area contributed by atoms with Crippen molar-refractivity contribution in [2.24, 2.45) is 0 Å². The zero-order chi connectivity index (χ0) is 13.1. The van der Waals surface area contributed by atoms with Crippen molar-refractivity contribution in [2.45, 2.75) is 51.1 Å². The number of alkyl halides is 4. The van der Waals surface area contributed by atoms with Gasteiger partial charge in [0.2, 0.25) is 0 Å². The van der Waals surface area contributed by atoms with Gasteiger partial charge in [-0.1, -0.05) is 0 Å². The Balaban J connectivity index is 2.27. The molecule has 0 spiro atoms. The van der Waals surface area contributed by atoms with Crippen molar-refractivity contribution in [1.82, 2.24) is 10.2 Å². The number of halogens is 4. The average Bonchev–Trinajstić information content (AvgIpc) is 2.27. The van der Waals surface area contributed by atoms with Crippen LogP contribution in [-0.4, -0.2) is 49.0 Å². The lowest BCUT2D eigenvalue weighted by Crippen LogP contribution is -2.49. The fourth-order valence-corrected chi connectivity index (χ4v) is 1.98. The maximum Gasteiger partial charge on any atom is 0.319 e. The Morgan fingerprint density at radius 3 is 2.18 bits per heavy atom. The second-order valence-electron chi connectivity index (χ2n) is 4.85. The Labute approximate surface area is 99.4 Å². The maximum atomic E-state index is 12.7. The number of likely N-dealkylation sites (tertiary alicyclic amines) is 1. The fourth-order valence-electron chi connectivity index (χ4n) is 1.98. The quantitative estimate of drug-likeness (QED) is 0.760. The zero-order valence-corrected chi connectivity index (χ0v) is 10.2. The normalized spacial score (nSPS) is 20.5. The molecule has 0 aromatic heterocycles. The van der Waals surface area contributed by atoms with Crippen molar-refractivity contribution >= 4 is 0 Å². The highest BCUT2D eigenvalue weighted by molar-refractivity contribution is 4.81. The number of nitrogens with zero attached hydrogens (tertiary/aromatic N) is 1. The van der Waals surface area contributed by atoms with E-state index >= 15 is 0 Å².